The molecule has 0 spiro atoms. The van der Waals surface area contributed by atoms with E-state index in [1.54, 1.807) is 19.1 Å². The number of benzene rings is 2. The second kappa shape index (κ2) is 8.20. The number of para-hydroxylation sites is 2. The van der Waals surface area contributed by atoms with Gasteiger partial charge in [-0.05, 0) is 50.5 Å². The Morgan fingerprint density at radius 2 is 2.03 bits per heavy atom. The van der Waals surface area contributed by atoms with Crippen LogP contribution >= 0.6 is 0 Å². The molecule has 3 aromatic rings. The van der Waals surface area contributed by atoms with Crippen LogP contribution in [0.2, 0.25) is 0 Å². The zero-order chi connectivity index (χ0) is 21.3. The molecule has 1 saturated heterocycles. The van der Waals surface area contributed by atoms with Crippen LogP contribution in [-0.2, 0) is 14.8 Å². The average molecular weight is 427 g/mol. The van der Waals surface area contributed by atoms with Crippen molar-refractivity contribution in [3.63, 3.8) is 0 Å². The first-order valence-electron chi connectivity index (χ1n) is 10.2. The molecule has 4 rings (SSSR count). The van der Waals surface area contributed by atoms with Crippen molar-refractivity contribution in [2.24, 2.45) is 0 Å². The molecule has 1 unspecified atom stereocenters. The first-order chi connectivity index (χ1) is 14.3. The number of rotatable bonds is 6. The molecule has 1 atom stereocenters. The molecule has 2 N–H and O–H groups in total. The van der Waals surface area contributed by atoms with Gasteiger partial charge in [0.1, 0.15) is 5.82 Å². The molecule has 0 radical (unpaired) electrons. The smallest absolute Gasteiger partial charge is 0.240 e. The van der Waals surface area contributed by atoms with Crippen LogP contribution < -0.4 is 4.72 Å². The van der Waals surface area contributed by atoms with E-state index in [9.17, 15) is 13.2 Å². The van der Waals surface area contributed by atoms with E-state index in [1.807, 2.05) is 42.2 Å². The van der Waals surface area contributed by atoms with Crippen LogP contribution in [-0.4, -0.2) is 42.3 Å². The number of hydrogen-bond donors (Lipinski definition) is 2. The number of nitrogens with one attached hydrogen (secondary N) is 2. The summed E-state index contributed by atoms with van der Waals surface area (Å²) in [6.07, 6.45) is 1.86. The average Bonchev–Trinajstić information content (AvgIpc) is 3.34. The van der Waals surface area contributed by atoms with E-state index in [1.165, 1.54) is 0 Å². The minimum atomic E-state index is -3.65. The van der Waals surface area contributed by atoms with Crippen molar-refractivity contribution >= 4 is 27.0 Å². The van der Waals surface area contributed by atoms with E-state index in [4.69, 9.17) is 0 Å². The normalized spacial score (nSPS) is 17.0. The number of imidazole rings is 1. The number of aryl methyl sites for hydroxylation is 2. The number of carbonyl (C=O) groups is 1. The number of H-pyrrole nitrogens is 1. The molecule has 30 heavy (non-hydrogen) atoms. The molecular weight excluding hydrogens is 400 g/mol. The Hall–Kier alpha value is -2.71. The number of nitrogens with zero attached hydrogens (tertiary/aromatic N) is 2. The van der Waals surface area contributed by atoms with Gasteiger partial charge in [0, 0.05) is 19.5 Å². The summed E-state index contributed by atoms with van der Waals surface area (Å²) < 4.78 is 27.8. The molecule has 1 amide bonds. The van der Waals surface area contributed by atoms with Crippen LogP contribution in [0.1, 0.15) is 42.3 Å². The molecular formula is C22H26N4O3S. The molecule has 7 nitrogen and oxygen atoms in total. The Kier molecular flexibility index (Phi) is 5.62. The number of aromatic amines is 1. The lowest BCUT2D eigenvalue weighted by Gasteiger charge is -2.23. The third-order valence-corrected chi connectivity index (χ3v) is 7.17. The van der Waals surface area contributed by atoms with Crippen LogP contribution in [0.4, 0.5) is 0 Å². The number of fused-ring (bicyclic) bond motifs is 1. The number of sulfonamides is 1. The number of amides is 1. The summed E-state index contributed by atoms with van der Waals surface area (Å²) >= 11 is 0. The summed E-state index contributed by atoms with van der Waals surface area (Å²) in [5, 5.41) is 0. The lowest BCUT2D eigenvalue weighted by Crippen LogP contribution is -2.34. The first-order valence-corrected chi connectivity index (χ1v) is 11.6. The van der Waals surface area contributed by atoms with Crippen molar-refractivity contribution in [2.45, 2.75) is 44.0 Å². The lowest BCUT2D eigenvalue weighted by atomic mass is 10.2. The summed E-state index contributed by atoms with van der Waals surface area (Å²) in [5.41, 5.74) is 3.53. The van der Waals surface area contributed by atoms with Crippen molar-refractivity contribution in [3.05, 3.63) is 59.4 Å². The molecule has 1 fully saturated rings. The lowest BCUT2D eigenvalue weighted by molar-refractivity contribution is -0.132. The molecule has 2 aromatic carbocycles. The molecule has 0 saturated carbocycles. The molecule has 8 heteroatoms. The van der Waals surface area contributed by atoms with Gasteiger partial charge in [-0.25, -0.2) is 18.1 Å². The predicted molar refractivity (Wildman–Crippen MR) is 116 cm³/mol. The molecule has 1 aliphatic heterocycles. The summed E-state index contributed by atoms with van der Waals surface area (Å²) in [6.45, 7) is 4.42. The standard InChI is InChI=1S/C22H26N4O3S/c1-15-9-10-20(16(2)14-15)30(28,29)23-12-11-21(27)26-13-5-8-19(26)22-24-17-6-3-4-7-18(17)25-22/h3-4,6-7,9-10,14,19,23H,5,8,11-13H2,1-2H3,(H,24,25). The summed E-state index contributed by atoms with van der Waals surface area (Å²) in [6, 6.07) is 12.9. The summed E-state index contributed by atoms with van der Waals surface area (Å²) in [4.78, 5) is 22.8. The second-order valence-corrected chi connectivity index (χ2v) is 9.54. The Morgan fingerprint density at radius 1 is 1.23 bits per heavy atom. The van der Waals surface area contributed by atoms with Crippen molar-refractivity contribution in [3.8, 4) is 0 Å². The van der Waals surface area contributed by atoms with E-state index in [-0.39, 0.29) is 29.8 Å². The number of likely N-dealkylation sites (tertiary alicyclic amines) is 1. The molecule has 2 heterocycles. The molecule has 1 aliphatic rings. The maximum atomic E-state index is 12.8. The summed E-state index contributed by atoms with van der Waals surface area (Å²) in [7, 11) is -3.65. The van der Waals surface area contributed by atoms with Crippen LogP contribution in [0.15, 0.2) is 47.4 Å². The van der Waals surface area contributed by atoms with Gasteiger partial charge in [-0.3, -0.25) is 4.79 Å². The fraction of sp³-hybridized carbons (Fsp3) is 0.364. The highest BCUT2D eigenvalue weighted by Gasteiger charge is 2.32. The predicted octanol–water partition coefficient (Wildman–Crippen LogP) is 3.21. The Morgan fingerprint density at radius 3 is 2.80 bits per heavy atom. The number of aromatic nitrogens is 2. The van der Waals surface area contributed by atoms with Crippen molar-refractivity contribution < 1.29 is 13.2 Å². The highest BCUT2D eigenvalue weighted by atomic mass is 32.2. The largest absolute Gasteiger partial charge is 0.340 e. The Labute approximate surface area is 176 Å². The van der Waals surface area contributed by atoms with E-state index in [0.717, 1.165) is 35.3 Å². The highest BCUT2D eigenvalue weighted by molar-refractivity contribution is 7.89. The monoisotopic (exact) mass is 426 g/mol. The molecule has 158 valence electrons. The first kappa shape index (κ1) is 20.6. The topological polar surface area (TPSA) is 95.2 Å². The Balaban J connectivity index is 1.40. The van der Waals surface area contributed by atoms with E-state index >= 15 is 0 Å². The van der Waals surface area contributed by atoms with Gasteiger partial charge in [-0.15, -0.1) is 0 Å². The number of carbonyl (C=O) groups excluding carboxylic acids is 1. The van der Waals surface area contributed by atoms with Gasteiger partial charge in [-0.1, -0.05) is 29.8 Å². The fourth-order valence-corrected chi connectivity index (χ4v) is 5.35. The zero-order valence-corrected chi connectivity index (χ0v) is 18.0. The minimum Gasteiger partial charge on any atom is -0.340 e. The third-order valence-electron chi connectivity index (χ3n) is 5.55. The Bertz CT molecular complexity index is 1150. The van der Waals surface area contributed by atoms with Gasteiger partial charge in [0.2, 0.25) is 15.9 Å². The number of hydrogen-bond acceptors (Lipinski definition) is 4. The van der Waals surface area contributed by atoms with Gasteiger partial charge in [0.25, 0.3) is 0 Å². The molecule has 1 aromatic heterocycles. The van der Waals surface area contributed by atoms with Crippen molar-refractivity contribution in [1.82, 2.24) is 19.6 Å². The van der Waals surface area contributed by atoms with E-state index in [0.29, 0.717) is 12.1 Å². The quantitative estimate of drug-likeness (QED) is 0.633. The van der Waals surface area contributed by atoms with Crippen LogP contribution in [0.3, 0.4) is 0 Å². The highest BCUT2D eigenvalue weighted by Crippen LogP contribution is 2.31. The SMILES string of the molecule is Cc1ccc(S(=O)(=O)NCCC(=O)N2CCCC2c2nc3ccccc3[nH]2)c(C)c1. The third kappa shape index (κ3) is 4.11. The van der Waals surface area contributed by atoms with Gasteiger partial charge in [-0.2, -0.15) is 0 Å². The van der Waals surface area contributed by atoms with E-state index < -0.39 is 10.0 Å². The van der Waals surface area contributed by atoms with E-state index in [2.05, 4.69) is 14.7 Å². The van der Waals surface area contributed by atoms with Crippen molar-refractivity contribution in [1.29, 1.82) is 0 Å². The molecule has 0 aliphatic carbocycles. The fourth-order valence-electron chi connectivity index (χ4n) is 4.09. The molecule has 0 bridgehead atoms. The van der Waals surface area contributed by atoms with Gasteiger partial charge in [0.15, 0.2) is 0 Å². The van der Waals surface area contributed by atoms with Gasteiger partial charge in [0.05, 0.1) is 22.0 Å². The van der Waals surface area contributed by atoms with Crippen LogP contribution in [0.5, 0.6) is 0 Å². The van der Waals surface area contributed by atoms with Gasteiger partial charge < -0.3 is 9.88 Å². The maximum Gasteiger partial charge on any atom is 0.240 e. The zero-order valence-electron chi connectivity index (χ0n) is 17.2. The van der Waals surface area contributed by atoms with Crippen LogP contribution in [0.25, 0.3) is 11.0 Å². The van der Waals surface area contributed by atoms with Gasteiger partial charge >= 0.3 is 0 Å². The second-order valence-electron chi connectivity index (χ2n) is 7.80. The van der Waals surface area contributed by atoms with Crippen LogP contribution in [0, 0.1) is 13.8 Å². The maximum absolute atomic E-state index is 12.8. The van der Waals surface area contributed by atoms with Crippen molar-refractivity contribution in [2.75, 3.05) is 13.1 Å². The minimum absolute atomic E-state index is 0.0673. The summed E-state index contributed by atoms with van der Waals surface area (Å²) in [5.74, 6) is 0.721.